The van der Waals surface area contributed by atoms with E-state index >= 15 is 0 Å². The Hall–Kier alpha value is -0.620. The maximum absolute atomic E-state index is 9.46. The highest BCUT2D eigenvalue weighted by Crippen LogP contribution is 2.18. The molecule has 0 spiro atoms. The van der Waals surface area contributed by atoms with Gasteiger partial charge < -0.3 is 19.3 Å². The van der Waals surface area contributed by atoms with Crippen molar-refractivity contribution in [1.29, 1.82) is 0 Å². The normalized spacial score (nSPS) is 25.7. The lowest BCUT2D eigenvalue weighted by Gasteiger charge is -2.31. The molecule has 0 bridgehead atoms. The summed E-state index contributed by atoms with van der Waals surface area (Å²) in [6.07, 6.45) is -0.931. The highest BCUT2D eigenvalue weighted by molar-refractivity contribution is 9.10. The molecule has 1 N–H and O–H groups in total. The van der Waals surface area contributed by atoms with E-state index in [4.69, 9.17) is 14.2 Å². The fourth-order valence-corrected chi connectivity index (χ4v) is 1.97. The molecule has 18 heavy (non-hydrogen) atoms. The van der Waals surface area contributed by atoms with Crippen LogP contribution in [0.4, 0.5) is 0 Å². The number of hydrogen-bond acceptors (Lipinski definition) is 4. The third-order valence-electron chi connectivity index (χ3n) is 2.74. The topological polar surface area (TPSA) is 47.9 Å². The van der Waals surface area contributed by atoms with Crippen LogP contribution in [-0.4, -0.2) is 43.2 Å². The van der Waals surface area contributed by atoms with E-state index < -0.39 is 6.10 Å². The van der Waals surface area contributed by atoms with Gasteiger partial charge in [-0.15, -0.1) is 0 Å². The van der Waals surface area contributed by atoms with Crippen LogP contribution in [0, 0.1) is 0 Å². The highest BCUT2D eigenvalue weighted by atomic mass is 79.9. The molecule has 0 aliphatic carbocycles. The largest absolute Gasteiger partial charge is 0.491 e. The molecule has 2 rings (SSSR count). The van der Waals surface area contributed by atoms with Gasteiger partial charge in [0.25, 0.3) is 0 Å². The maximum Gasteiger partial charge on any atom is 0.119 e. The van der Waals surface area contributed by atoms with Gasteiger partial charge in [-0.05, 0) is 31.2 Å². The number of halogens is 1. The van der Waals surface area contributed by atoms with Crippen LogP contribution in [0.3, 0.4) is 0 Å². The van der Waals surface area contributed by atoms with E-state index in [-0.39, 0.29) is 12.2 Å². The van der Waals surface area contributed by atoms with Crippen LogP contribution in [0.5, 0.6) is 5.75 Å². The summed E-state index contributed by atoms with van der Waals surface area (Å²) < 4.78 is 17.7. The molecule has 1 heterocycles. The average molecular weight is 317 g/mol. The molecular weight excluding hydrogens is 300 g/mol. The van der Waals surface area contributed by atoms with Crippen molar-refractivity contribution in [2.75, 3.05) is 19.8 Å². The molecule has 1 aliphatic heterocycles. The predicted octanol–water partition coefficient (Wildman–Crippen LogP) is 1.99. The second-order valence-corrected chi connectivity index (χ2v) is 5.26. The molecule has 0 amide bonds. The first-order valence-corrected chi connectivity index (χ1v) is 6.74. The van der Waals surface area contributed by atoms with Crippen LogP contribution in [0.1, 0.15) is 6.92 Å². The van der Waals surface area contributed by atoms with Crippen molar-refractivity contribution in [3.05, 3.63) is 28.7 Å². The summed E-state index contributed by atoms with van der Waals surface area (Å²) >= 11 is 3.37. The Bertz CT molecular complexity index is 366. The summed E-state index contributed by atoms with van der Waals surface area (Å²) in [6, 6.07) is 7.62. The van der Waals surface area contributed by atoms with E-state index in [1.54, 1.807) is 6.92 Å². The molecular formula is C13H17BrO4. The molecule has 3 atom stereocenters. The molecule has 100 valence electrons. The summed E-state index contributed by atoms with van der Waals surface area (Å²) in [6.45, 7) is 3.06. The van der Waals surface area contributed by atoms with E-state index in [9.17, 15) is 5.11 Å². The molecule has 0 saturated carbocycles. The molecule has 1 aromatic rings. The van der Waals surface area contributed by atoms with Crippen LogP contribution in [0.25, 0.3) is 0 Å². The molecule has 1 saturated heterocycles. The Labute approximate surface area is 115 Å². The zero-order valence-corrected chi connectivity index (χ0v) is 11.8. The molecule has 5 heteroatoms. The number of benzene rings is 1. The Balaban J connectivity index is 1.81. The Morgan fingerprint density at radius 3 is 2.78 bits per heavy atom. The van der Waals surface area contributed by atoms with E-state index in [1.807, 2.05) is 24.3 Å². The number of hydrogen-bond donors (Lipinski definition) is 1. The smallest absolute Gasteiger partial charge is 0.119 e. The maximum atomic E-state index is 9.46. The molecule has 1 aromatic carbocycles. The minimum atomic E-state index is -0.527. The lowest BCUT2D eigenvalue weighted by Crippen LogP contribution is -2.44. The fraction of sp³-hybridized carbons (Fsp3) is 0.538. The second kappa shape index (κ2) is 6.52. The summed E-state index contributed by atoms with van der Waals surface area (Å²) in [5.41, 5.74) is 0. The number of rotatable bonds is 4. The number of ether oxygens (including phenoxy) is 3. The molecule has 3 unspecified atom stereocenters. The third-order valence-corrected chi connectivity index (χ3v) is 3.27. The second-order valence-electron chi connectivity index (χ2n) is 4.34. The first-order chi connectivity index (χ1) is 8.65. The number of aliphatic hydroxyl groups excluding tert-OH is 1. The molecule has 1 aliphatic rings. The van der Waals surface area contributed by atoms with Crippen molar-refractivity contribution in [3.8, 4) is 5.75 Å². The predicted molar refractivity (Wildman–Crippen MR) is 70.8 cm³/mol. The third kappa shape index (κ3) is 3.95. The van der Waals surface area contributed by atoms with E-state index in [1.165, 1.54) is 0 Å². The minimum Gasteiger partial charge on any atom is -0.491 e. The van der Waals surface area contributed by atoms with Gasteiger partial charge in [0.15, 0.2) is 0 Å². The monoisotopic (exact) mass is 316 g/mol. The van der Waals surface area contributed by atoms with Crippen LogP contribution >= 0.6 is 15.9 Å². The Kier molecular flexibility index (Phi) is 5.00. The van der Waals surface area contributed by atoms with Crippen molar-refractivity contribution >= 4 is 15.9 Å². The van der Waals surface area contributed by atoms with Gasteiger partial charge in [-0.25, -0.2) is 0 Å². The summed E-state index contributed by atoms with van der Waals surface area (Å²) in [5, 5.41) is 9.46. The van der Waals surface area contributed by atoms with Crippen LogP contribution in [0.15, 0.2) is 28.7 Å². The highest BCUT2D eigenvalue weighted by Gasteiger charge is 2.26. The molecule has 0 aromatic heterocycles. The average Bonchev–Trinajstić information content (AvgIpc) is 2.38. The Morgan fingerprint density at radius 2 is 2.11 bits per heavy atom. The van der Waals surface area contributed by atoms with Gasteiger partial charge in [-0.1, -0.05) is 15.9 Å². The van der Waals surface area contributed by atoms with E-state index in [0.29, 0.717) is 19.8 Å². The fourth-order valence-electron chi connectivity index (χ4n) is 1.70. The zero-order chi connectivity index (χ0) is 13.0. The SMILES string of the molecule is CC(O)C1COCC(COc2ccc(Br)cc2)O1. The van der Waals surface area contributed by atoms with Crippen LogP contribution in [0.2, 0.25) is 0 Å². The first kappa shape index (κ1) is 13.8. The van der Waals surface area contributed by atoms with Crippen molar-refractivity contribution in [3.63, 3.8) is 0 Å². The van der Waals surface area contributed by atoms with Gasteiger partial charge in [0.05, 0.1) is 19.3 Å². The number of aliphatic hydroxyl groups is 1. The quantitative estimate of drug-likeness (QED) is 0.923. The van der Waals surface area contributed by atoms with Gasteiger partial charge >= 0.3 is 0 Å². The standard InChI is InChI=1S/C13H17BrO4/c1-9(15)13-8-16-6-12(18-13)7-17-11-4-2-10(14)3-5-11/h2-5,9,12-13,15H,6-8H2,1H3. The molecule has 1 fully saturated rings. The van der Waals surface area contributed by atoms with Gasteiger partial charge in [0.1, 0.15) is 24.6 Å². The van der Waals surface area contributed by atoms with Crippen LogP contribution < -0.4 is 4.74 Å². The lowest BCUT2D eigenvalue weighted by atomic mass is 10.2. The van der Waals surface area contributed by atoms with Gasteiger partial charge in [-0.2, -0.15) is 0 Å². The molecule has 0 radical (unpaired) electrons. The zero-order valence-electron chi connectivity index (χ0n) is 10.2. The van der Waals surface area contributed by atoms with E-state index in [2.05, 4.69) is 15.9 Å². The van der Waals surface area contributed by atoms with Crippen molar-refractivity contribution in [1.82, 2.24) is 0 Å². The van der Waals surface area contributed by atoms with Crippen molar-refractivity contribution < 1.29 is 19.3 Å². The van der Waals surface area contributed by atoms with E-state index in [0.717, 1.165) is 10.2 Å². The summed E-state index contributed by atoms with van der Waals surface area (Å²) in [5.74, 6) is 0.793. The summed E-state index contributed by atoms with van der Waals surface area (Å²) in [7, 11) is 0. The van der Waals surface area contributed by atoms with Gasteiger partial charge in [0.2, 0.25) is 0 Å². The first-order valence-electron chi connectivity index (χ1n) is 5.95. The van der Waals surface area contributed by atoms with Gasteiger partial charge in [-0.3, -0.25) is 0 Å². The Morgan fingerprint density at radius 1 is 1.39 bits per heavy atom. The van der Waals surface area contributed by atoms with Crippen molar-refractivity contribution in [2.45, 2.75) is 25.2 Å². The van der Waals surface area contributed by atoms with Crippen LogP contribution in [-0.2, 0) is 9.47 Å². The van der Waals surface area contributed by atoms with Gasteiger partial charge in [0, 0.05) is 4.47 Å². The van der Waals surface area contributed by atoms with Crippen molar-refractivity contribution in [2.24, 2.45) is 0 Å². The lowest BCUT2D eigenvalue weighted by molar-refractivity contribution is -0.175. The summed E-state index contributed by atoms with van der Waals surface area (Å²) in [4.78, 5) is 0. The minimum absolute atomic E-state index is 0.137. The molecule has 4 nitrogen and oxygen atoms in total.